The highest BCUT2D eigenvalue weighted by molar-refractivity contribution is 7.11. The summed E-state index contributed by atoms with van der Waals surface area (Å²) in [5.74, 6) is -0.0246. The number of amides is 1. The lowest BCUT2D eigenvalue weighted by Gasteiger charge is -2.34. The average Bonchev–Trinajstić information content (AvgIpc) is 3.03. The molecule has 0 bridgehead atoms. The molecule has 2 aliphatic rings. The minimum Gasteiger partial charge on any atom is -0.389 e. The summed E-state index contributed by atoms with van der Waals surface area (Å²) in [6.45, 7) is 7.07. The number of aliphatic hydroxyl groups is 1. The lowest BCUT2D eigenvalue weighted by atomic mass is 10.1. The van der Waals surface area contributed by atoms with Gasteiger partial charge in [0.2, 0.25) is 5.91 Å². The molecule has 0 spiro atoms. The van der Waals surface area contributed by atoms with Crippen molar-refractivity contribution in [3.63, 3.8) is 0 Å². The van der Waals surface area contributed by atoms with Gasteiger partial charge >= 0.3 is 0 Å². The van der Waals surface area contributed by atoms with Gasteiger partial charge in [0.05, 0.1) is 42.5 Å². The molecule has 128 valence electrons. The van der Waals surface area contributed by atoms with Crippen LogP contribution in [-0.2, 0) is 16.0 Å². The highest BCUT2D eigenvalue weighted by Gasteiger charge is 2.39. The molecule has 0 aromatic carbocycles. The molecular formula is C16H25N3O3S. The molecule has 7 heteroatoms. The van der Waals surface area contributed by atoms with Crippen LogP contribution in [0.4, 0.5) is 0 Å². The Morgan fingerprint density at radius 3 is 2.78 bits per heavy atom. The molecule has 2 fully saturated rings. The number of morpholine rings is 1. The quantitative estimate of drug-likeness (QED) is 0.842. The number of carbonyl (C=O) groups is 1. The third-order valence-corrected chi connectivity index (χ3v) is 5.83. The smallest absolute Gasteiger partial charge is 0.225 e. The fraction of sp³-hybridized carbons (Fsp3) is 0.750. The molecule has 1 saturated carbocycles. The monoisotopic (exact) mass is 339 g/mol. The van der Waals surface area contributed by atoms with Gasteiger partial charge in [-0.25, -0.2) is 4.98 Å². The summed E-state index contributed by atoms with van der Waals surface area (Å²) in [5.41, 5.74) is 0.931. The van der Waals surface area contributed by atoms with E-state index in [-0.39, 0.29) is 18.0 Å². The molecule has 1 aromatic rings. The van der Waals surface area contributed by atoms with E-state index in [1.54, 1.807) is 11.3 Å². The number of thiazole rings is 1. The van der Waals surface area contributed by atoms with E-state index < -0.39 is 6.10 Å². The number of aliphatic hydroxyl groups excluding tert-OH is 1. The van der Waals surface area contributed by atoms with Gasteiger partial charge in [-0.1, -0.05) is 0 Å². The van der Waals surface area contributed by atoms with E-state index in [4.69, 9.17) is 4.74 Å². The zero-order valence-corrected chi connectivity index (χ0v) is 14.6. The highest BCUT2D eigenvalue weighted by Crippen LogP contribution is 2.26. The van der Waals surface area contributed by atoms with Crippen molar-refractivity contribution in [2.75, 3.05) is 26.3 Å². The van der Waals surface area contributed by atoms with E-state index in [1.807, 2.05) is 13.8 Å². The van der Waals surface area contributed by atoms with E-state index in [2.05, 4.69) is 15.2 Å². The molecule has 1 aliphatic carbocycles. The normalized spacial score (nSPS) is 28.9. The molecule has 0 unspecified atom stereocenters. The molecule has 2 heterocycles. The van der Waals surface area contributed by atoms with Gasteiger partial charge in [-0.15, -0.1) is 11.3 Å². The van der Waals surface area contributed by atoms with Crippen LogP contribution >= 0.6 is 11.3 Å². The van der Waals surface area contributed by atoms with E-state index in [0.717, 1.165) is 54.7 Å². The standard InChI is InChI=1S/C16H25N3O3S/c1-10-14(23-11(2)17-10)9-15(20)18-12-3-4-13(16(12)21)19-5-7-22-8-6-19/h12-13,16,21H,3-9H2,1-2H3,(H,18,20)/t12-,13-,16-/m1/s1. The third kappa shape index (κ3) is 3.91. The number of hydrogen-bond donors (Lipinski definition) is 2. The number of aryl methyl sites for hydroxylation is 2. The van der Waals surface area contributed by atoms with Crippen molar-refractivity contribution < 1.29 is 14.6 Å². The largest absolute Gasteiger partial charge is 0.389 e. The van der Waals surface area contributed by atoms with E-state index in [9.17, 15) is 9.90 Å². The second kappa shape index (κ2) is 7.25. The second-order valence-corrected chi connectivity index (χ2v) is 7.66. The number of aromatic nitrogens is 1. The number of ether oxygens (including phenoxy) is 1. The summed E-state index contributed by atoms with van der Waals surface area (Å²) >= 11 is 1.57. The first-order valence-electron chi connectivity index (χ1n) is 8.26. The Kier molecular flexibility index (Phi) is 5.31. The van der Waals surface area contributed by atoms with Gasteiger partial charge in [-0.3, -0.25) is 9.69 Å². The summed E-state index contributed by atoms with van der Waals surface area (Å²) in [7, 11) is 0. The first-order valence-corrected chi connectivity index (χ1v) is 9.08. The Morgan fingerprint density at radius 2 is 2.13 bits per heavy atom. The summed E-state index contributed by atoms with van der Waals surface area (Å²) in [4.78, 5) is 19.9. The Labute approximate surface area is 140 Å². The Hall–Kier alpha value is -1.02. The predicted octanol–water partition coefficient (Wildman–Crippen LogP) is 0.643. The topological polar surface area (TPSA) is 74.7 Å². The molecule has 6 nitrogen and oxygen atoms in total. The Bertz CT molecular complexity index is 557. The van der Waals surface area contributed by atoms with Crippen molar-refractivity contribution in [3.8, 4) is 0 Å². The van der Waals surface area contributed by atoms with Gasteiger partial charge in [0.15, 0.2) is 0 Å². The van der Waals surface area contributed by atoms with E-state index in [0.29, 0.717) is 6.42 Å². The maximum atomic E-state index is 12.3. The SMILES string of the molecule is Cc1nc(C)c(CC(=O)N[C@@H]2CC[C@@H](N3CCOCC3)[C@@H]2O)s1. The second-order valence-electron chi connectivity index (χ2n) is 6.38. The van der Waals surface area contributed by atoms with Gasteiger partial charge < -0.3 is 15.2 Å². The average molecular weight is 339 g/mol. The molecule has 1 aliphatic heterocycles. The third-order valence-electron chi connectivity index (χ3n) is 4.76. The van der Waals surface area contributed by atoms with Crippen LogP contribution < -0.4 is 5.32 Å². The molecule has 3 atom stereocenters. The van der Waals surface area contributed by atoms with Crippen molar-refractivity contribution in [2.45, 2.75) is 51.3 Å². The van der Waals surface area contributed by atoms with Gasteiger partial charge in [0, 0.05) is 24.0 Å². The Morgan fingerprint density at radius 1 is 1.39 bits per heavy atom. The van der Waals surface area contributed by atoms with Crippen LogP contribution in [0.15, 0.2) is 0 Å². The summed E-state index contributed by atoms with van der Waals surface area (Å²) < 4.78 is 5.37. The molecule has 23 heavy (non-hydrogen) atoms. The number of hydrogen-bond acceptors (Lipinski definition) is 6. The zero-order valence-electron chi connectivity index (χ0n) is 13.7. The van der Waals surface area contributed by atoms with Gasteiger partial charge in [0.25, 0.3) is 0 Å². The van der Waals surface area contributed by atoms with E-state index in [1.165, 1.54) is 0 Å². The molecule has 0 radical (unpaired) electrons. The minimum absolute atomic E-state index is 0.0246. The first kappa shape index (κ1) is 16.8. The number of nitrogens with one attached hydrogen (secondary N) is 1. The highest BCUT2D eigenvalue weighted by atomic mass is 32.1. The van der Waals surface area contributed by atoms with Crippen LogP contribution in [0.3, 0.4) is 0 Å². The number of rotatable bonds is 4. The molecule has 1 saturated heterocycles. The molecule has 3 rings (SSSR count). The molecule has 2 N–H and O–H groups in total. The fourth-order valence-electron chi connectivity index (χ4n) is 3.57. The van der Waals surface area contributed by atoms with Crippen molar-refractivity contribution in [3.05, 3.63) is 15.6 Å². The molecule has 1 amide bonds. The van der Waals surface area contributed by atoms with Crippen LogP contribution in [0.1, 0.15) is 28.4 Å². The van der Waals surface area contributed by atoms with Crippen molar-refractivity contribution in [2.24, 2.45) is 0 Å². The molecule has 1 aromatic heterocycles. The number of carbonyl (C=O) groups excluding carboxylic acids is 1. The maximum absolute atomic E-state index is 12.3. The summed E-state index contributed by atoms with van der Waals surface area (Å²) in [6.07, 6.45) is 1.60. The van der Waals surface area contributed by atoms with Crippen molar-refractivity contribution >= 4 is 17.2 Å². The Balaban J connectivity index is 1.53. The van der Waals surface area contributed by atoms with Gasteiger partial charge in [-0.05, 0) is 26.7 Å². The lowest BCUT2D eigenvalue weighted by Crippen LogP contribution is -2.51. The van der Waals surface area contributed by atoms with Crippen LogP contribution in [0.25, 0.3) is 0 Å². The van der Waals surface area contributed by atoms with Crippen molar-refractivity contribution in [1.82, 2.24) is 15.2 Å². The minimum atomic E-state index is -0.499. The van der Waals surface area contributed by atoms with Crippen LogP contribution in [-0.4, -0.2) is 65.4 Å². The number of nitrogens with zero attached hydrogens (tertiary/aromatic N) is 2. The first-order chi connectivity index (χ1) is 11.0. The summed E-state index contributed by atoms with van der Waals surface area (Å²) in [5, 5.41) is 14.6. The lowest BCUT2D eigenvalue weighted by molar-refractivity contribution is -0.122. The van der Waals surface area contributed by atoms with Crippen LogP contribution in [0.5, 0.6) is 0 Å². The van der Waals surface area contributed by atoms with Crippen LogP contribution in [0.2, 0.25) is 0 Å². The van der Waals surface area contributed by atoms with Crippen LogP contribution in [0, 0.1) is 13.8 Å². The summed E-state index contributed by atoms with van der Waals surface area (Å²) in [6, 6.07) is -0.0127. The van der Waals surface area contributed by atoms with E-state index >= 15 is 0 Å². The molecular weight excluding hydrogens is 314 g/mol. The zero-order chi connectivity index (χ0) is 16.4. The fourth-order valence-corrected chi connectivity index (χ4v) is 4.50. The van der Waals surface area contributed by atoms with Crippen molar-refractivity contribution in [1.29, 1.82) is 0 Å². The van der Waals surface area contributed by atoms with Gasteiger partial charge in [0.1, 0.15) is 0 Å². The predicted molar refractivity (Wildman–Crippen MR) is 88.6 cm³/mol. The maximum Gasteiger partial charge on any atom is 0.225 e. The van der Waals surface area contributed by atoms with Gasteiger partial charge in [-0.2, -0.15) is 0 Å².